The van der Waals surface area contributed by atoms with Crippen LogP contribution in [-0.2, 0) is 6.42 Å². The number of nitrogens with zero attached hydrogens (tertiary/aromatic N) is 2. The number of hydrogen-bond acceptors (Lipinski definition) is 4. The van der Waals surface area contributed by atoms with E-state index in [1.54, 1.807) is 0 Å². The van der Waals surface area contributed by atoms with Gasteiger partial charge in [-0.05, 0) is 51.3 Å². The quantitative estimate of drug-likeness (QED) is 0.734. The summed E-state index contributed by atoms with van der Waals surface area (Å²) in [5, 5.41) is 5.70. The molecule has 1 atom stereocenters. The van der Waals surface area contributed by atoms with Crippen molar-refractivity contribution in [3.8, 4) is 0 Å². The zero-order valence-electron chi connectivity index (χ0n) is 12.3. The normalized spacial score (nSPS) is 20.5. The van der Waals surface area contributed by atoms with E-state index in [9.17, 15) is 0 Å². The maximum atomic E-state index is 3.54. The Bertz CT molecular complexity index is 339. The first-order valence-electron chi connectivity index (χ1n) is 7.37. The molecule has 1 unspecified atom stereocenters. The zero-order chi connectivity index (χ0) is 13.5. The predicted octanol–water partition coefficient (Wildman–Crippen LogP) is 1.91. The lowest BCUT2D eigenvalue weighted by Gasteiger charge is -2.25. The molecule has 0 bridgehead atoms. The molecule has 1 N–H and O–H groups in total. The molecule has 0 radical (unpaired) electrons. The Hall–Kier alpha value is -0.420. The monoisotopic (exact) mass is 281 g/mol. The lowest BCUT2D eigenvalue weighted by Crippen LogP contribution is -2.39. The van der Waals surface area contributed by atoms with Crippen molar-refractivity contribution in [1.29, 1.82) is 0 Å². The molecule has 108 valence electrons. The fourth-order valence-electron chi connectivity index (χ4n) is 2.72. The summed E-state index contributed by atoms with van der Waals surface area (Å²) in [6.45, 7) is 5.82. The van der Waals surface area contributed by atoms with Gasteiger partial charge in [0.2, 0.25) is 0 Å². The van der Waals surface area contributed by atoms with Crippen molar-refractivity contribution in [2.24, 2.45) is 0 Å². The van der Waals surface area contributed by atoms with Gasteiger partial charge in [-0.25, -0.2) is 0 Å². The van der Waals surface area contributed by atoms with Crippen molar-refractivity contribution in [1.82, 2.24) is 15.1 Å². The Balaban J connectivity index is 1.50. The Kier molecular flexibility index (Phi) is 6.31. The van der Waals surface area contributed by atoms with Crippen molar-refractivity contribution >= 4 is 11.3 Å². The van der Waals surface area contributed by atoms with Crippen molar-refractivity contribution in [3.63, 3.8) is 0 Å². The number of thiophene rings is 1. The topological polar surface area (TPSA) is 18.5 Å². The van der Waals surface area contributed by atoms with E-state index >= 15 is 0 Å². The molecule has 0 spiro atoms. The summed E-state index contributed by atoms with van der Waals surface area (Å²) in [7, 11) is 4.50. The third-order valence-electron chi connectivity index (χ3n) is 3.99. The molecule has 1 aliphatic heterocycles. The van der Waals surface area contributed by atoms with E-state index in [1.165, 1.54) is 30.8 Å². The van der Waals surface area contributed by atoms with Gasteiger partial charge in [0, 0.05) is 37.1 Å². The minimum Gasteiger partial charge on any atom is -0.315 e. The van der Waals surface area contributed by atoms with Crippen molar-refractivity contribution < 1.29 is 0 Å². The molecule has 2 heterocycles. The minimum atomic E-state index is 0.774. The molecule has 19 heavy (non-hydrogen) atoms. The summed E-state index contributed by atoms with van der Waals surface area (Å²) in [6.07, 6.45) is 3.90. The summed E-state index contributed by atoms with van der Waals surface area (Å²) < 4.78 is 0. The standard InChI is InChI=1S/C15H27N3S/c1-17(13-14-5-3-10-18(14)2)11-9-16-8-7-15-6-4-12-19-15/h4,6,12,14,16H,3,5,7-11,13H2,1-2H3. The van der Waals surface area contributed by atoms with Crippen LogP contribution >= 0.6 is 11.3 Å². The van der Waals surface area contributed by atoms with Crippen LogP contribution in [0, 0.1) is 0 Å². The second-order valence-electron chi connectivity index (χ2n) is 5.62. The first-order chi connectivity index (χ1) is 9.25. The van der Waals surface area contributed by atoms with Gasteiger partial charge in [-0.15, -0.1) is 11.3 Å². The van der Waals surface area contributed by atoms with Gasteiger partial charge in [-0.1, -0.05) is 6.07 Å². The third kappa shape index (κ3) is 5.22. The summed E-state index contributed by atoms with van der Waals surface area (Å²) >= 11 is 1.85. The van der Waals surface area contributed by atoms with Crippen molar-refractivity contribution in [2.45, 2.75) is 25.3 Å². The largest absolute Gasteiger partial charge is 0.315 e. The molecule has 2 rings (SSSR count). The van der Waals surface area contributed by atoms with E-state index in [-0.39, 0.29) is 0 Å². The van der Waals surface area contributed by atoms with Crippen LogP contribution in [0.2, 0.25) is 0 Å². The molecule has 0 aromatic carbocycles. The average molecular weight is 281 g/mol. The van der Waals surface area contributed by atoms with Crippen molar-refractivity contribution in [3.05, 3.63) is 22.4 Å². The van der Waals surface area contributed by atoms with E-state index in [0.29, 0.717) is 0 Å². The molecule has 1 fully saturated rings. The molecule has 1 aromatic rings. The maximum Gasteiger partial charge on any atom is 0.0220 e. The number of nitrogens with one attached hydrogen (secondary N) is 1. The highest BCUT2D eigenvalue weighted by atomic mass is 32.1. The molecule has 3 nitrogen and oxygen atoms in total. The third-order valence-corrected chi connectivity index (χ3v) is 4.93. The van der Waals surface area contributed by atoms with Gasteiger partial charge in [0.25, 0.3) is 0 Å². The molecule has 0 aliphatic carbocycles. The van der Waals surface area contributed by atoms with Crippen LogP contribution < -0.4 is 5.32 Å². The Morgan fingerprint density at radius 2 is 2.37 bits per heavy atom. The van der Waals surface area contributed by atoms with Crippen LogP contribution in [0.4, 0.5) is 0 Å². The lowest BCUT2D eigenvalue weighted by atomic mass is 10.2. The molecule has 1 aromatic heterocycles. The fourth-order valence-corrected chi connectivity index (χ4v) is 3.43. The van der Waals surface area contributed by atoms with Gasteiger partial charge in [-0.3, -0.25) is 0 Å². The number of hydrogen-bond donors (Lipinski definition) is 1. The van der Waals surface area contributed by atoms with E-state index in [1.807, 2.05) is 11.3 Å². The minimum absolute atomic E-state index is 0.774. The SMILES string of the molecule is CN(CCNCCc1cccs1)CC1CCCN1C. The summed E-state index contributed by atoms with van der Waals surface area (Å²) in [5.41, 5.74) is 0. The van der Waals surface area contributed by atoms with E-state index in [0.717, 1.165) is 32.1 Å². The van der Waals surface area contributed by atoms with Gasteiger partial charge >= 0.3 is 0 Å². The summed E-state index contributed by atoms with van der Waals surface area (Å²) in [5.74, 6) is 0. The Morgan fingerprint density at radius 1 is 1.47 bits per heavy atom. The Labute approximate surface area is 121 Å². The number of likely N-dealkylation sites (tertiary alicyclic amines) is 1. The van der Waals surface area contributed by atoms with Crippen LogP contribution in [0.5, 0.6) is 0 Å². The van der Waals surface area contributed by atoms with Crippen LogP contribution in [-0.4, -0.2) is 62.7 Å². The highest BCUT2D eigenvalue weighted by Crippen LogP contribution is 2.15. The van der Waals surface area contributed by atoms with E-state index < -0.39 is 0 Å². The molecule has 1 saturated heterocycles. The first-order valence-corrected chi connectivity index (χ1v) is 8.25. The molecular weight excluding hydrogens is 254 g/mol. The second-order valence-corrected chi connectivity index (χ2v) is 6.65. The van der Waals surface area contributed by atoms with Crippen LogP contribution in [0.15, 0.2) is 17.5 Å². The summed E-state index contributed by atoms with van der Waals surface area (Å²) in [4.78, 5) is 6.44. The molecule has 0 amide bonds. The van der Waals surface area contributed by atoms with Crippen LogP contribution in [0.25, 0.3) is 0 Å². The molecule has 0 saturated carbocycles. The lowest BCUT2D eigenvalue weighted by molar-refractivity contribution is 0.220. The van der Waals surface area contributed by atoms with E-state index in [4.69, 9.17) is 0 Å². The fraction of sp³-hybridized carbons (Fsp3) is 0.733. The maximum absolute atomic E-state index is 3.54. The van der Waals surface area contributed by atoms with E-state index in [2.05, 4.69) is 46.7 Å². The predicted molar refractivity (Wildman–Crippen MR) is 84.0 cm³/mol. The Morgan fingerprint density at radius 3 is 3.05 bits per heavy atom. The second kappa shape index (κ2) is 8.00. The number of likely N-dealkylation sites (N-methyl/N-ethyl adjacent to an activating group) is 2. The van der Waals surface area contributed by atoms with Crippen LogP contribution in [0.1, 0.15) is 17.7 Å². The average Bonchev–Trinajstić information content (AvgIpc) is 3.02. The molecule has 1 aliphatic rings. The van der Waals surface area contributed by atoms with Crippen molar-refractivity contribution in [2.75, 3.05) is 46.8 Å². The van der Waals surface area contributed by atoms with Gasteiger partial charge in [-0.2, -0.15) is 0 Å². The smallest absolute Gasteiger partial charge is 0.0220 e. The first kappa shape index (κ1) is 15.0. The number of rotatable bonds is 8. The molecular formula is C15H27N3S. The van der Waals surface area contributed by atoms with Gasteiger partial charge in [0.15, 0.2) is 0 Å². The van der Waals surface area contributed by atoms with Gasteiger partial charge < -0.3 is 15.1 Å². The highest BCUT2D eigenvalue weighted by Gasteiger charge is 2.21. The molecule has 4 heteroatoms. The van der Waals surface area contributed by atoms with Gasteiger partial charge in [0.05, 0.1) is 0 Å². The van der Waals surface area contributed by atoms with Gasteiger partial charge in [0.1, 0.15) is 0 Å². The highest BCUT2D eigenvalue weighted by molar-refractivity contribution is 7.09. The zero-order valence-corrected chi connectivity index (χ0v) is 13.1. The van der Waals surface area contributed by atoms with Crippen LogP contribution in [0.3, 0.4) is 0 Å². The summed E-state index contributed by atoms with van der Waals surface area (Å²) in [6, 6.07) is 5.12.